The van der Waals surface area contributed by atoms with Crippen LogP contribution in [-0.2, 0) is 35.5 Å². The zero-order valence-corrected chi connectivity index (χ0v) is 19.5. The van der Waals surface area contributed by atoms with E-state index in [4.69, 9.17) is 16.3 Å². The van der Waals surface area contributed by atoms with Crippen LogP contribution < -0.4 is 5.56 Å². The molecule has 5 rings (SSSR count). The van der Waals surface area contributed by atoms with E-state index in [0.717, 1.165) is 30.4 Å². The minimum absolute atomic E-state index is 0.114. The lowest BCUT2D eigenvalue weighted by molar-refractivity contribution is -0.139. The second-order valence-electron chi connectivity index (χ2n) is 7.92. The van der Waals surface area contributed by atoms with Gasteiger partial charge in [0.1, 0.15) is 22.4 Å². The molecule has 0 bridgehead atoms. The third-order valence-electron chi connectivity index (χ3n) is 5.65. The molecule has 3 aromatic heterocycles. The molecule has 4 aromatic rings. The number of hydrogen-bond donors (Lipinski definition) is 1. The number of fused-ring (bicyclic) bond motifs is 3. The van der Waals surface area contributed by atoms with Crippen LogP contribution in [0.15, 0.2) is 41.2 Å². The van der Waals surface area contributed by atoms with Gasteiger partial charge in [-0.25, -0.2) is 14.5 Å². The summed E-state index contributed by atoms with van der Waals surface area (Å²) in [4.78, 5) is 34.0. The molecule has 0 saturated heterocycles. The number of benzene rings is 1. The van der Waals surface area contributed by atoms with E-state index in [1.807, 2.05) is 37.3 Å². The highest BCUT2D eigenvalue weighted by molar-refractivity contribution is 7.18. The Morgan fingerprint density at radius 3 is 2.94 bits per heavy atom. The summed E-state index contributed by atoms with van der Waals surface area (Å²) in [7, 11) is 0. The average molecular weight is 481 g/mol. The van der Waals surface area contributed by atoms with Crippen molar-refractivity contribution in [1.82, 2.24) is 19.7 Å². The number of esters is 1. The average Bonchev–Trinajstić information content (AvgIpc) is 3.45. The van der Waals surface area contributed by atoms with Gasteiger partial charge in [0.25, 0.3) is 5.56 Å². The molecule has 1 aliphatic rings. The van der Waals surface area contributed by atoms with E-state index in [1.165, 1.54) is 11.0 Å². The molecule has 1 aromatic carbocycles. The van der Waals surface area contributed by atoms with E-state index in [9.17, 15) is 9.59 Å². The molecule has 9 heteroatoms. The molecule has 0 atom stereocenters. The van der Waals surface area contributed by atoms with Crippen molar-refractivity contribution in [2.75, 3.05) is 0 Å². The van der Waals surface area contributed by atoms with Gasteiger partial charge >= 0.3 is 5.97 Å². The highest BCUT2D eigenvalue weighted by atomic mass is 35.5. The lowest BCUT2D eigenvalue weighted by Crippen LogP contribution is -2.13. The number of nitrogens with zero attached hydrogens (tertiary/aromatic N) is 3. The topological polar surface area (TPSA) is 89.9 Å². The number of aryl methyl sites for hydroxylation is 3. The zero-order chi connectivity index (χ0) is 22.9. The number of nitrogens with one attached hydrogen (secondary N) is 1. The number of H-pyrrole nitrogens is 1. The first-order valence-corrected chi connectivity index (χ1v) is 11.8. The van der Waals surface area contributed by atoms with E-state index < -0.39 is 5.97 Å². The van der Waals surface area contributed by atoms with Crippen LogP contribution in [-0.4, -0.2) is 25.7 Å². The Balaban J connectivity index is 1.26. The first kappa shape index (κ1) is 21.6. The maximum Gasteiger partial charge on any atom is 0.331 e. The number of carbonyl (C=O) groups is 1. The predicted octanol–water partition coefficient (Wildman–Crippen LogP) is 4.44. The fourth-order valence-electron chi connectivity index (χ4n) is 4.07. The van der Waals surface area contributed by atoms with Gasteiger partial charge in [-0.05, 0) is 43.4 Å². The molecule has 0 amide bonds. The minimum Gasteiger partial charge on any atom is -0.454 e. The van der Waals surface area contributed by atoms with E-state index >= 15 is 0 Å². The van der Waals surface area contributed by atoms with Crippen LogP contribution in [0.25, 0.3) is 16.3 Å². The summed E-state index contributed by atoms with van der Waals surface area (Å²) in [6, 6.07) is 9.87. The lowest BCUT2D eigenvalue weighted by Gasteiger charge is -2.03. The smallest absolute Gasteiger partial charge is 0.331 e. The van der Waals surface area contributed by atoms with Gasteiger partial charge in [0, 0.05) is 16.5 Å². The lowest BCUT2D eigenvalue weighted by atomic mass is 10.2. The Hall–Kier alpha value is -3.23. The Bertz CT molecular complexity index is 1440. The van der Waals surface area contributed by atoms with Crippen molar-refractivity contribution < 1.29 is 9.53 Å². The number of halogens is 1. The molecule has 0 radical (unpaired) electrons. The van der Waals surface area contributed by atoms with Crippen molar-refractivity contribution in [2.45, 2.75) is 39.3 Å². The van der Waals surface area contributed by atoms with Crippen molar-refractivity contribution in [2.24, 2.45) is 0 Å². The molecular formula is C24H21ClN4O3S. The summed E-state index contributed by atoms with van der Waals surface area (Å²) in [6.45, 7) is 2.25. The Morgan fingerprint density at radius 1 is 1.30 bits per heavy atom. The summed E-state index contributed by atoms with van der Waals surface area (Å²) >= 11 is 8.04. The summed E-state index contributed by atoms with van der Waals surface area (Å²) < 4.78 is 6.98. The molecule has 0 aliphatic heterocycles. The summed E-state index contributed by atoms with van der Waals surface area (Å²) in [5.74, 6) is -0.225. The molecule has 1 aliphatic carbocycles. The van der Waals surface area contributed by atoms with Crippen molar-refractivity contribution in [3.05, 3.63) is 85.0 Å². The highest BCUT2D eigenvalue weighted by Crippen LogP contribution is 2.34. The van der Waals surface area contributed by atoms with Crippen LogP contribution in [0.2, 0.25) is 5.15 Å². The minimum atomic E-state index is -0.558. The van der Waals surface area contributed by atoms with Crippen molar-refractivity contribution in [1.29, 1.82) is 0 Å². The van der Waals surface area contributed by atoms with E-state index in [-0.39, 0.29) is 12.2 Å². The van der Waals surface area contributed by atoms with Gasteiger partial charge < -0.3 is 9.72 Å². The van der Waals surface area contributed by atoms with Gasteiger partial charge in [0.15, 0.2) is 0 Å². The fourth-order valence-corrected chi connectivity index (χ4v) is 5.65. The monoisotopic (exact) mass is 480 g/mol. The van der Waals surface area contributed by atoms with Crippen molar-refractivity contribution in [3.63, 3.8) is 0 Å². The number of rotatable bonds is 6. The Labute approximate surface area is 198 Å². The van der Waals surface area contributed by atoms with Gasteiger partial charge in [-0.15, -0.1) is 11.3 Å². The highest BCUT2D eigenvalue weighted by Gasteiger charge is 2.21. The molecule has 3 heterocycles. The van der Waals surface area contributed by atoms with Gasteiger partial charge in [-0.1, -0.05) is 41.9 Å². The van der Waals surface area contributed by atoms with Gasteiger partial charge in [0.2, 0.25) is 0 Å². The molecule has 33 heavy (non-hydrogen) atoms. The van der Waals surface area contributed by atoms with Crippen LogP contribution >= 0.6 is 22.9 Å². The fraction of sp³-hybridized carbons (Fsp3) is 0.250. The molecule has 7 nitrogen and oxygen atoms in total. The maximum absolute atomic E-state index is 12.5. The van der Waals surface area contributed by atoms with Gasteiger partial charge in [0.05, 0.1) is 17.6 Å². The van der Waals surface area contributed by atoms with Gasteiger partial charge in [-0.2, -0.15) is 5.10 Å². The van der Waals surface area contributed by atoms with Gasteiger partial charge in [-0.3, -0.25) is 4.79 Å². The predicted molar refractivity (Wildman–Crippen MR) is 129 cm³/mol. The number of aromatic nitrogens is 4. The number of ether oxygens (including phenoxy) is 1. The zero-order valence-electron chi connectivity index (χ0n) is 17.9. The first-order valence-electron chi connectivity index (χ1n) is 10.6. The molecule has 0 unspecified atom stereocenters. The SMILES string of the molecule is Cc1nn(Cc2ccccc2)c(Cl)c1/C=C/C(=O)OCc1nc2sc3c(c2c(=O)[nH]1)CCC3. The van der Waals surface area contributed by atoms with Crippen LogP contribution in [0.1, 0.15) is 39.5 Å². The summed E-state index contributed by atoms with van der Waals surface area (Å²) in [5, 5.41) is 5.60. The van der Waals surface area contributed by atoms with E-state index in [0.29, 0.717) is 39.0 Å². The van der Waals surface area contributed by atoms with Crippen LogP contribution in [0.5, 0.6) is 0 Å². The normalized spacial score (nSPS) is 13.2. The molecular weight excluding hydrogens is 460 g/mol. The van der Waals surface area contributed by atoms with E-state index in [2.05, 4.69) is 15.1 Å². The standard InChI is InChI=1S/C24H21ClN4O3S/c1-14-16(22(25)29(28-14)12-15-6-3-2-4-7-15)10-11-20(30)32-13-19-26-23(31)21-17-8-5-9-18(17)33-24(21)27-19/h2-4,6-7,10-11H,5,8-9,12-13H2,1H3,(H,26,27,31)/b11-10+. The number of carbonyl (C=O) groups excluding carboxylic acids is 1. The molecule has 0 spiro atoms. The summed E-state index contributed by atoms with van der Waals surface area (Å²) in [5.41, 5.74) is 3.39. The Morgan fingerprint density at radius 2 is 2.12 bits per heavy atom. The third-order valence-corrected chi connectivity index (χ3v) is 7.23. The van der Waals surface area contributed by atoms with Crippen LogP contribution in [0, 0.1) is 6.92 Å². The van der Waals surface area contributed by atoms with Crippen LogP contribution in [0.3, 0.4) is 0 Å². The summed E-state index contributed by atoms with van der Waals surface area (Å²) in [6.07, 6.45) is 5.89. The molecule has 168 valence electrons. The van der Waals surface area contributed by atoms with E-state index in [1.54, 1.807) is 22.1 Å². The molecule has 0 fully saturated rings. The largest absolute Gasteiger partial charge is 0.454 e. The Kier molecular flexibility index (Phi) is 5.86. The quantitative estimate of drug-likeness (QED) is 0.325. The number of thiophene rings is 1. The number of aromatic amines is 1. The maximum atomic E-state index is 12.5. The van der Waals surface area contributed by atoms with Crippen molar-refractivity contribution >= 4 is 45.2 Å². The van der Waals surface area contributed by atoms with Crippen molar-refractivity contribution in [3.8, 4) is 0 Å². The first-order chi connectivity index (χ1) is 16.0. The second-order valence-corrected chi connectivity index (χ2v) is 9.37. The molecule has 0 saturated carbocycles. The van der Waals surface area contributed by atoms with Crippen LogP contribution in [0.4, 0.5) is 0 Å². The number of hydrogen-bond acceptors (Lipinski definition) is 6. The third kappa shape index (κ3) is 4.36. The second kappa shape index (κ2) is 8.96. The molecule has 1 N–H and O–H groups in total.